The largest absolute Gasteiger partial charge is 0.466 e. The van der Waals surface area contributed by atoms with E-state index in [9.17, 15) is 19.8 Å². The van der Waals surface area contributed by atoms with Crippen LogP contribution >= 0.6 is 0 Å². The maximum Gasteiger partial charge on any atom is 0.305 e. The van der Waals surface area contributed by atoms with Crippen molar-refractivity contribution in [3.8, 4) is 0 Å². The van der Waals surface area contributed by atoms with Gasteiger partial charge in [-0.2, -0.15) is 0 Å². The lowest BCUT2D eigenvalue weighted by Crippen LogP contribution is -2.45. The van der Waals surface area contributed by atoms with Crippen LogP contribution in [0.15, 0.2) is 12.2 Å². The number of amides is 1. The van der Waals surface area contributed by atoms with E-state index in [1.165, 1.54) is 199 Å². The zero-order chi connectivity index (χ0) is 42.3. The summed E-state index contributed by atoms with van der Waals surface area (Å²) in [7, 11) is 0. The van der Waals surface area contributed by atoms with E-state index in [-0.39, 0.29) is 18.5 Å². The van der Waals surface area contributed by atoms with Crippen LogP contribution in [-0.2, 0) is 14.3 Å². The topological polar surface area (TPSA) is 95.9 Å². The molecule has 0 heterocycles. The summed E-state index contributed by atoms with van der Waals surface area (Å²) >= 11 is 0. The average Bonchev–Trinajstić information content (AvgIpc) is 3.22. The summed E-state index contributed by atoms with van der Waals surface area (Å²) in [4.78, 5) is 24.4. The first-order valence-corrected chi connectivity index (χ1v) is 26.0. The minimum absolute atomic E-state index is 0.0108. The molecule has 3 N–H and O–H groups in total. The van der Waals surface area contributed by atoms with Gasteiger partial charge < -0.3 is 20.3 Å². The number of carbonyl (C=O) groups is 2. The summed E-state index contributed by atoms with van der Waals surface area (Å²) in [5, 5.41) is 23.1. The van der Waals surface area contributed by atoms with Crippen molar-refractivity contribution in [3.63, 3.8) is 0 Å². The highest BCUT2D eigenvalue weighted by Crippen LogP contribution is 2.16. The van der Waals surface area contributed by atoms with Gasteiger partial charge in [-0.1, -0.05) is 251 Å². The van der Waals surface area contributed by atoms with Gasteiger partial charge in [-0.15, -0.1) is 0 Å². The Kier molecular flexibility index (Phi) is 47.1. The van der Waals surface area contributed by atoms with Crippen molar-refractivity contribution in [1.82, 2.24) is 5.32 Å². The van der Waals surface area contributed by atoms with Crippen molar-refractivity contribution in [1.29, 1.82) is 0 Å². The molecular weight excluding hydrogens is 719 g/mol. The number of nitrogens with one attached hydrogen (secondary N) is 1. The standard InChI is InChI=1S/C52H101NO5/c1-3-5-7-9-11-13-15-16-17-18-19-20-21-25-28-32-36-40-44-50(55)49(48-54)53-51(56)45-41-37-33-29-26-22-23-27-31-35-39-43-47-58-52(57)46-42-38-34-30-24-14-12-10-8-6-4-2/h40,44,49-50,54-55H,3-39,41-43,45-48H2,1-2H3,(H,53,56)/b44-40+. The highest BCUT2D eigenvalue weighted by molar-refractivity contribution is 5.76. The van der Waals surface area contributed by atoms with E-state index < -0.39 is 12.1 Å². The molecular formula is C52H101NO5. The minimum atomic E-state index is -0.853. The maximum atomic E-state index is 12.4. The van der Waals surface area contributed by atoms with E-state index in [4.69, 9.17) is 4.74 Å². The molecule has 0 rings (SSSR count). The summed E-state index contributed by atoms with van der Waals surface area (Å²) in [6.07, 6.45) is 54.9. The molecule has 6 nitrogen and oxygen atoms in total. The number of hydrogen-bond acceptors (Lipinski definition) is 5. The van der Waals surface area contributed by atoms with Gasteiger partial charge >= 0.3 is 5.97 Å². The van der Waals surface area contributed by atoms with Gasteiger partial charge in [0.25, 0.3) is 0 Å². The smallest absolute Gasteiger partial charge is 0.305 e. The molecule has 0 aromatic carbocycles. The Morgan fingerprint density at radius 3 is 1.17 bits per heavy atom. The fourth-order valence-electron chi connectivity index (χ4n) is 8.05. The summed E-state index contributed by atoms with van der Waals surface area (Å²) in [6, 6.07) is -0.638. The third-order valence-corrected chi connectivity index (χ3v) is 12.1. The molecule has 6 heteroatoms. The van der Waals surface area contributed by atoms with Crippen molar-refractivity contribution in [2.45, 2.75) is 296 Å². The predicted octanol–water partition coefficient (Wildman–Crippen LogP) is 15.3. The van der Waals surface area contributed by atoms with Gasteiger partial charge in [0.05, 0.1) is 25.4 Å². The molecule has 0 aliphatic carbocycles. The van der Waals surface area contributed by atoms with E-state index in [1.807, 2.05) is 6.08 Å². The fourth-order valence-corrected chi connectivity index (χ4v) is 8.05. The number of aliphatic hydroxyl groups excluding tert-OH is 2. The summed E-state index contributed by atoms with van der Waals surface area (Å²) in [5.74, 6) is -0.0922. The molecule has 2 unspecified atom stereocenters. The van der Waals surface area contributed by atoms with E-state index in [1.54, 1.807) is 6.08 Å². The number of allylic oxidation sites excluding steroid dienone is 1. The van der Waals surface area contributed by atoms with Gasteiger partial charge in [0.1, 0.15) is 0 Å². The predicted molar refractivity (Wildman–Crippen MR) is 250 cm³/mol. The Hall–Kier alpha value is -1.40. The third-order valence-electron chi connectivity index (χ3n) is 12.1. The second-order valence-electron chi connectivity index (χ2n) is 17.9. The molecule has 0 aromatic rings. The van der Waals surface area contributed by atoms with E-state index in [2.05, 4.69) is 19.2 Å². The number of aliphatic hydroxyl groups is 2. The van der Waals surface area contributed by atoms with Crippen LogP contribution < -0.4 is 5.32 Å². The molecule has 0 saturated heterocycles. The van der Waals surface area contributed by atoms with Crippen LogP contribution in [0.5, 0.6) is 0 Å². The number of rotatable bonds is 48. The number of esters is 1. The Morgan fingerprint density at radius 1 is 0.466 bits per heavy atom. The van der Waals surface area contributed by atoms with Crippen LogP contribution in [0.4, 0.5) is 0 Å². The molecule has 344 valence electrons. The Balaban J connectivity index is 3.50. The van der Waals surface area contributed by atoms with Gasteiger partial charge in [0, 0.05) is 12.8 Å². The van der Waals surface area contributed by atoms with Crippen LogP contribution in [0.2, 0.25) is 0 Å². The second-order valence-corrected chi connectivity index (χ2v) is 17.9. The molecule has 0 spiro atoms. The quantitative estimate of drug-likeness (QED) is 0.0323. The zero-order valence-electron chi connectivity index (χ0n) is 39.0. The normalized spacial score (nSPS) is 12.7. The molecule has 0 aliphatic rings. The summed E-state index contributed by atoms with van der Waals surface area (Å²) in [6.45, 7) is 4.87. The Morgan fingerprint density at radius 2 is 0.793 bits per heavy atom. The van der Waals surface area contributed by atoms with Crippen LogP contribution in [0.1, 0.15) is 284 Å². The minimum Gasteiger partial charge on any atom is -0.466 e. The molecule has 0 aromatic heterocycles. The monoisotopic (exact) mass is 820 g/mol. The molecule has 0 aliphatic heterocycles. The summed E-state index contributed by atoms with van der Waals surface area (Å²) in [5.41, 5.74) is 0. The lowest BCUT2D eigenvalue weighted by Gasteiger charge is -2.20. The van der Waals surface area contributed by atoms with Gasteiger partial charge in [-0.3, -0.25) is 9.59 Å². The lowest BCUT2D eigenvalue weighted by molar-refractivity contribution is -0.143. The van der Waals surface area contributed by atoms with E-state index >= 15 is 0 Å². The fraction of sp³-hybridized carbons (Fsp3) is 0.923. The molecule has 0 bridgehead atoms. The van der Waals surface area contributed by atoms with E-state index in [0.29, 0.717) is 19.4 Å². The van der Waals surface area contributed by atoms with Crippen LogP contribution in [0, 0.1) is 0 Å². The van der Waals surface area contributed by atoms with Crippen molar-refractivity contribution in [2.75, 3.05) is 13.2 Å². The average molecular weight is 820 g/mol. The molecule has 0 radical (unpaired) electrons. The van der Waals surface area contributed by atoms with E-state index in [0.717, 1.165) is 57.8 Å². The second kappa shape index (κ2) is 48.3. The van der Waals surface area contributed by atoms with Gasteiger partial charge in [0.15, 0.2) is 0 Å². The number of unbranched alkanes of at least 4 members (excludes halogenated alkanes) is 37. The first-order chi connectivity index (χ1) is 28.5. The highest BCUT2D eigenvalue weighted by Gasteiger charge is 2.18. The molecule has 0 saturated carbocycles. The number of ether oxygens (including phenoxy) is 1. The maximum absolute atomic E-state index is 12.4. The van der Waals surface area contributed by atoms with Gasteiger partial charge in [-0.25, -0.2) is 0 Å². The first kappa shape index (κ1) is 56.6. The van der Waals surface area contributed by atoms with Crippen LogP contribution in [-0.4, -0.2) is 47.4 Å². The van der Waals surface area contributed by atoms with Crippen LogP contribution in [0.3, 0.4) is 0 Å². The Labute approximate surface area is 361 Å². The van der Waals surface area contributed by atoms with Gasteiger partial charge in [0.2, 0.25) is 5.91 Å². The van der Waals surface area contributed by atoms with Gasteiger partial charge in [-0.05, 0) is 32.1 Å². The number of carbonyl (C=O) groups excluding carboxylic acids is 2. The molecule has 2 atom stereocenters. The van der Waals surface area contributed by atoms with Crippen molar-refractivity contribution < 1.29 is 24.5 Å². The molecule has 1 amide bonds. The molecule has 0 fully saturated rings. The third kappa shape index (κ3) is 44.2. The SMILES string of the molecule is CCCCCCCCCCCCCCCCCC/C=C/C(O)C(CO)NC(=O)CCCCCCCCCCCCCCOC(=O)CCCCCCCCCCCCC. The zero-order valence-corrected chi connectivity index (χ0v) is 39.0. The van der Waals surface area contributed by atoms with Crippen molar-refractivity contribution in [3.05, 3.63) is 12.2 Å². The van der Waals surface area contributed by atoms with Crippen LogP contribution in [0.25, 0.3) is 0 Å². The summed E-state index contributed by atoms with van der Waals surface area (Å²) < 4.78 is 5.44. The molecule has 58 heavy (non-hydrogen) atoms. The van der Waals surface area contributed by atoms with Crippen molar-refractivity contribution >= 4 is 11.9 Å². The Bertz CT molecular complexity index is 863. The first-order valence-electron chi connectivity index (χ1n) is 26.0. The lowest BCUT2D eigenvalue weighted by atomic mass is 10.0. The number of hydrogen-bond donors (Lipinski definition) is 3. The van der Waals surface area contributed by atoms with Crippen molar-refractivity contribution in [2.24, 2.45) is 0 Å². The highest BCUT2D eigenvalue weighted by atomic mass is 16.5.